The smallest absolute Gasteiger partial charge is 0.338 e. The van der Waals surface area contributed by atoms with Gasteiger partial charge in [-0.1, -0.05) is 18.6 Å². The number of carbonyl (C=O) groups is 2. The van der Waals surface area contributed by atoms with Crippen LogP contribution in [-0.4, -0.2) is 49.3 Å². The summed E-state index contributed by atoms with van der Waals surface area (Å²) in [6.45, 7) is 2.34. The number of carbonyl (C=O) groups excluding carboxylic acids is 2. The maximum Gasteiger partial charge on any atom is 0.338 e. The average Bonchev–Trinajstić information content (AvgIpc) is 2.64. The van der Waals surface area contributed by atoms with Crippen molar-refractivity contribution >= 4 is 34.9 Å². The van der Waals surface area contributed by atoms with Gasteiger partial charge in [0.1, 0.15) is 6.61 Å². The molecule has 0 radical (unpaired) electrons. The summed E-state index contributed by atoms with van der Waals surface area (Å²) < 4.78 is 10.3. The molecule has 0 saturated heterocycles. The van der Waals surface area contributed by atoms with E-state index in [0.717, 1.165) is 30.5 Å². The topological polar surface area (TPSA) is 79.9 Å². The molecule has 0 aromatic heterocycles. The van der Waals surface area contributed by atoms with Gasteiger partial charge < -0.3 is 25.0 Å². The average molecular weight is 418 g/mol. The molecular formula is C21H27N3O4S. The predicted molar refractivity (Wildman–Crippen MR) is 114 cm³/mol. The van der Waals surface area contributed by atoms with Crippen molar-refractivity contribution in [1.82, 2.24) is 10.2 Å². The molecule has 1 amide bonds. The molecular weight excluding hydrogens is 390 g/mol. The van der Waals surface area contributed by atoms with Crippen LogP contribution < -0.4 is 10.6 Å². The van der Waals surface area contributed by atoms with Crippen LogP contribution in [0.25, 0.3) is 0 Å². The zero-order valence-corrected chi connectivity index (χ0v) is 17.8. The first-order chi connectivity index (χ1) is 13.9. The quantitative estimate of drug-likeness (QED) is 0.401. The molecule has 1 aromatic rings. The molecule has 1 aromatic carbocycles. The zero-order valence-electron chi connectivity index (χ0n) is 17.0. The first kappa shape index (κ1) is 21.3. The van der Waals surface area contributed by atoms with Crippen molar-refractivity contribution in [2.45, 2.75) is 32.2 Å². The minimum atomic E-state index is -0.464. The van der Waals surface area contributed by atoms with Crippen molar-refractivity contribution in [2.75, 3.05) is 32.7 Å². The van der Waals surface area contributed by atoms with E-state index in [4.69, 9.17) is 21.7 Å². The Morgan fingerprint density at radius 1 is 1.31 bits per heavy atom. The van der Waals surface area contributed by atoms with Crippen molar-refractivity contribution in [1.29, 1.82) is 0 Å². The number of esters is 1. The van der Waals surface area contributed by atoms with E-state index in [1.54, 1.807) is 19.1 Å². The maximum atomic E-state index is 12.8. The molecule has 0 bridgehead atoms. The van der Waals surface area contributed by atoms with Crippen LogP contribution >= 0.6 is 12.2 Å². The fourth-order valence-electron chi connectivity index (χ4n) is 3.36. The number of nitrogens with zero attached hydrogens (tertiary/aromatic N) is 1. The van der Waals surface area contributed by atoms with Gasteiger partial charge in [-0.15, -0.1) is 0 Å². The molecule has 1 heterocycles. The van der Waals surface area contributed by atoms with Gasteiger partial charge in [0, 0.05) is 31.5 Å². The van der Waals surface area contributed by atoms with Crippen LogP contribution in [0, 0.1) is 5.92 Å². The van der Waals surface area contributed by atoms with Crippen molar-refractivity contribution < 1.29 is 19.1 Å². The Labute approximate surface area is 176 Å². The second-order valence-electron chi connectivity index (χ2n) is 7.31. The number of ether oxygens (including phenoxy) is 2. The molecule has 0 spiro atoms. The minimum Gasteiger partial charge on any atom is -0.460 e. The van der Waals surface area contributed by atoms with Gasteiger partial charge in [-0.2, -0.15) is 0 Å². The highest BCUT2D eigenvalue weighted by molar-refractivity contribution is 7.80. The molecule has 1 fully saturated rings. The summed E-state index contributed by atoms with van der Waals surface area (Å²) >= 11 is 5.43. The van der Waals surface area contributed by atoms with Gasteiger partial charge in [0.25, 0.3) is 0 Å². The van der Waals surface area contributed by atoms with Crippen LogP contribution in [0.3, 0.4) is 0 Å². The first-order valence-electron chi connectivity index (χ1n) is 9.74. The number of anilines is 1. The van der Waals surface area contributed by atoms with E-state index < -0.39 is 12.0 Å². The van der Waals surface area contributed by atoms with E-state index in [-0.39, 0.29) is 18.4 Å². The Morgan fingerprint density at radius 2 is 2.07 bits per heavy atom. The highest BCUT2D eigenvalue weighted by Gasteiger charge is 2.33. The number of hydrogen-bond donors (Lipinski definition) is 2. The normalized spacial score (nSPS) is 19.5. The van der Waals surface area contributed by atoms with Crippen LogP contribution in [0.5, 0.6) is 0 Å². The van der Waals surface area contributed by atoms with E-state index in [2.05, 4.69) is 10.6 Å². The van der Waals surface area contributed by atoms with E-state index in [9.17, 15) is 9.59 Å². The van der Waals surface area contributed by atoms with E-state index in [0.29, 0.717) is 23.0 Å². The fourth-order valence-corrected chi connectivity index (χ4v) is 3.61. The summed E-state index contributed by atoms with van der Waals surface area (Å²) in [6, 6.07) is 7.02. The Hall–Kier alpha value is -2.45. The third kappa shape index (κ3) is 4.76. The first-order valence-corrected chi connectivity index (χ1v) is 10.1. The van der Waals surface area contributed by atoms with Crippen molar-refractivity contribution in [3.05, 3.63) is 41.1 Å². The van der Waals surface area contributed by atoms with Gasteiger partial charge in [0.05, 0.1) is 18.2 Å². The molecule has 1 atom stereocenters. The summed E-state index contributed by atoms with van der Waals surface area (Å²) in [7, 11) is 3.36. The van der Waals surface area contributed by atoms with Gasteiger partial charge in [-0.25, -0.2) is 4.79 Å². The Bertz CT molecular complexity index is 835. The van der Waals surface area contributed by atoms with Crippen LogP contribution in [0.4, 0.5) is 5.69 Å². The van der Waals surface area contributed by atoms with E-state index in [1.807, 2.05) is 31.2 Å². The molecule has 0 unspecified atom stereocenters. The van der Waals surface area contributed by atoms with E-state index in [1.165, 1.54) is 0 Å². The highest BCUT2D eigenvalue weighted by Crippen LogP contribution is 2.32. The zero-order chi connectivity index (χ0) is 21.0. The lowest BCUT2D eigenvalue weighted by atomic mass is 9.85. The number of hydrogen-bond acceptors (Lipinski definition) is 5. The highest BCUT2D eigenvalue weighted by atomic mass is 32.1. The maximum absolute atomic E-state index is 12.8. The van der Waals surface area contributed by atoms with Crippen molar-refractivity contribution in [2.24, 2.45) is 5.92 Å². The minimum absolute atomic E-state index is 0.0474. The molecule has 2 aliphatic rings. The van der Waals surface area contributed by atoms with Gasteiger partial charge in [-0.05, 0) is 49.7 Å². The second kappa shape index (κ2) is 9.37. The number of thiocarbonyl (C=S) groups is 1. The number of methoxy groups -OCH3 is 1. The van der Waals surface area contributed by atoms with Crippen LogP contribution in [0.1, 0.15) is 37.8 Å². The summed E-state index contributed by atoms with van der Waals surface area (Å²) in [5.41, 5.74) is 2.74. The lowest BCUT2D eigenvalue weighted by Gasteiger charge is -2.35. The monoisotopic (exact) mass is 417 g/mol. The second-order valence-corrected chi connectivity index (χ2v) is 7.70. The molecule has 156 valence electrons. The van der Waals surface area contributed by atoms with Crippen molar-refractivity contribution in [3.8, 4) is 0 Å². The molecule has 29 heavy (non-hydrogen) atoms. The summed E-state index contributed by atoms with van der Waals surface area (Å²) in [4.78, 5) is 26.9. The molecule has 3 rings (SSSR count). The van der Waals surface area contributed by atoms with Gasteiger partial charge in [0.15, 0.2) is 5.11 Å². The van der Waals surface area contributed by atoms with Crippen LogP contribution in [-0.2, 0) is 19.1 Å². The lowest BCUT2D eigenvalue weighted by Crippen LogP contribution is -2.46. The van der Waals surface area contributed by atoms with Crippen molar-refractivity contribution in [3.63, 3.8) is 0 Å². The third-order valence-corrected chi connectivity index (χ3v) is 5.85. The number of benzene rings is 1. The molecule has 2 N–H and O–H groups in total. The number of allylic oxidation sites excluding steroid dienone is 1. The molecule has 7 nitrogen and oxygen atoms in total. The lowest BCUT2D eigenvalue weighted by molar-refractivity contribution is -0.140. The van der Waals surface area contributed by atoms with Crippen LogP contribution in [0.2, 0.25) is 0 Å². The number of nitrogens with one attached hydrogen (secondary N) is 2. The molecule has 1 saturated carbocycles. The Balaban J connectivity index is 1.85. The standard InChI is InChI=1S/C21H27N3O4S/c1-13-17(20(26)28-11-10-27-3)18(23-21(29)24(13)2)15-8-5-9-16(12-15)22-19(25)14-6-4-7-14/h5,8-9,12,14,18H,4,6-7,10-11H2,1-3H3,(H,22,25)(H,23,29)/t18-/m1/s1. The van der Waals surface area contributed by atoms with E-state index >= 15 is 0 Å². The van der Waals surface area contributed by atoms with Crippen LogP contribution in [0.15, 0.2) is 35.5 Å². The number of rotatable bonds is 7. The summed E-state index contributed by atoms with van der Waals surface area (Å²) in [5.74, 6) is -0.275. The third-order valence-electron chi connectivity index (χ3n) is 5.46. The largest absolute Gasteiger partial charge is 0.460 e. The van der Waals surface area contributed by atoms with Gasteiger partial charge in [-0.3, -0.25) is 4.79 Å². The van der Waals surface area contributed by atoms with Gasteiger partial charge >= 0.3 is 5.97 Å². The SMILES string of the molecule is COCCOC(=O)C1=C(C)N(C)C(=S)N[C@@H]1c1cccc(NC(=O)C2CCC2)c1. The van der Waals surface area contributed by atoms with Gasteiger partial charge in [0.2, 0.25) is 5.91 Å². The molecule has 1 aliphatic heterocycles. The predicted octanol–water partition coefficient (Wildman–Crippen LogP) is 2.75. The number of amides is 1. The Morgan fingerprint density at radius 3 is 2.72 bits per heavy atom. The Kier molecular flexibility index (Phi) is 6.87. The molecule has 1 aliphatic carbocycles. The summed E-state index contributed by atoms with van der Waals surface area (Å²) in [6.07, 6.45) is 2.99. The fraction of sp³-hybridized carbons (Fsp3) is 0.476. The summed E-state index contributed by atoms with van der Waals surface area (Å²) in [5, 5.41) is 6.71. The molecule has 8 heteroatoms.